The topological polar surface area (TPSA) is 52.3 Å². The Morgan fingerprint density at radius 1 is 1.20 bits per heavy atom. The van der Waals surface area contributed by atoms with Crippen molar-refractivity contribution in [2.45, 2.75) is 12.8 Å². The minimum atomic E-state index is 0.0581. The van der Waals surface area contributed by atoms with Crippen LogP contribution in [0.4, 0.5) is 5.69 Å². The summed E-state index contributed by atoms with van der Waals surface area (Å²) in [5.74, 6) is 0.869. The molecule has 0 bridgehead atoms. The molecule has 0 fully saturated rings. The van der Waals surface area contributed by atoms with Crippen LogP contribution in [0, 0.1) is 0 Å². The molecule has 0 spiro atoms. The summed E-state index contributed by atoms with van der Waals surface area (Å²) >= 11 is 5.92. The number of nitrogen functional groups attached to an aromatic ring is 1. The van der Waals surface area contributed by atoms with Gasteiger partial charge >= 0.3 is 0 Å². The van der Waals surface area contributed by atoms with Crippen molar-refractivity contribution in [1.82, 2.24) is 0 Å². The van der Waals surface area contributed by atoms with Gasteiger partial charge in [0.25, 0.3) is 0 Å². The van der Waals surface area contributed by atoms with Crippen LogP contribution < -0.4 is 10.5 Å². The van der Waals surface area contributed by atoms with Gasteiger partial charge in [-0.05, 0) is 42.3 Å². The maximum Gasteiger partial charge on any atom is 0.163 e. The van der Waals surface area contributed by atoms with Gasteiger partial charge in [-0.3, -0.25) is 4.79 Å². The molecule has 3 nitrogen and oxygen atoms in total. The van der Waals surface area contributed by atoms with Crippen LogP contribution in [0.3, 0.4) is 0 Å². The molecule has 0 unspecified atom stereocenters. The summed E-state index contributed by atoms with van der Waals surface area (Å²) in [6, 6.07) is 12.7. The fraction of sp³-hybridized carbons (Fsp3) is 0.188. The van der Waals surface area contributed by atoms with Crippen LogP contribution in [0.25, 0.3) is 0 Å². The Balaban J connectivity index is 1.98. The predicted octanol–water partition coefficient (Wildman–Crippen LogP) is 3.75. The number of carbonyl (C=O) groups excluding carboxylic acids is 1. The smallest absolute Gasteiger partial charge is 0.163 e. The molecule has 0 aliphatic rings. The Bertz CT molecular complexity index is 608. The van der Waals surface area contributed by atoms with Crippen molar-refractivity contribution >= 4 is 23.1 Å². The first-order chi connectivity index (χ1) is 9.60. The molecule has 2 aromatic carbocycles. The average Bonchev–Trinajstić information content (AvgIpc) is 2.48. The lowest BCUT2D eigenvalue weighted by atomic mass is 10.0. The predicted molar refractivity (Wildman–Crippen MR) is 81.5 cm³/mol. The van der Waals surface area contributed by atoms with Crippen molar-refractivity contribution in [3.63, 3.8) is 0 Å². The van der Waals surface area contributed by atoms with Gasteiger partial charge in [0.2, 0.25) is 0 Å². The third-order valence-corrected chi connectivity index (χ3v) is 3.45. The number of Topliss-reactive ketones (excluding diaryl/α,β-unsaturated/α-hetero) is 1. The van der Waals surface area contributed by atoms with Crippen molar-refractivity contribution in [1.29, 1.82) is 0 Å². The first-order valence-corrected chi connectivity index (χ1v) is 6.69. The van der Waals surface area contributed by atoms with E-state index in [1.165, 1.54) is 0 Å². The number of benzene rings is 2. The molecule has 0 heterocycles. The second-order valence-electron chi connectivity index (χ2n) is 4.51. The Morgan fingerprint density at radius 2 is 1.90 bits per heavy atom. The molecule has 0 saturated heterocycles. The van der Waals surface area contributed by atoms with Gasteiger partial charge in [0, 0.05) is 12.0 Å². The van der Waals surface area contributed by atoms with Crippen LogP contribution in [-0.2, 0) is 6.42 Å². The maximum atomic E-state index is 12.1. The van der Waals surface area contributed by atoms with Crippen molar-refractivity contribution in [2.75, 3.05) is 12.8 Å². The first kappa shape index (κ1) is 14.4. The summed E-state index contributed by atoms with van der Waals surface area (Å²) < 4.78 is 5.10. The van der Waals surface area contributed by atoms with Gasteiger partial charge in [-0.2, -0.15) is 0 Å². The Hall–Kier alpha value is -2.00. The van der Waals surface area contributed by atoms with Crippen LogP contribution >= 0.6 is 11.6 Å². The zero-order valence-electron chi connectivity index (χ0n) is 11.2. The molecule has 2 rings (SSSR count). The molecule has 0 aromatic heterocycles. The minimum absolute atomic E-state index is 0.0581. The SMILES string of the molecule is COc1ccc(CCC(=O)c2ccc(N)c(Cl)c2)cc1. The number of aryl methyl sites for hydroxylation is 1. The van der Waals surface area contributed by atoms with E-state index in [0.717, 1.165) is 11.3 Å². The van der Waals surface area contributed by atoms with Gasteiger partial charge in [-0.25, -0.2) is 0 Å². The summed E-state index contributed by atoms with van der Waals surface area (Å²) in [5.41, 5.74) is 7.80. The van der Waals surface area contributed by atoms with Crippen molar-refractivity contribution < 1.29 is 9.53 Å². The second kappa shape index (κ2) is 6.44. The number of methoxy groups -OCH3 is 1. The van der Waals surface area contributed by atoms with Crippen LogP contribution in [0.1, 0.15) is 22.3 Å². The summed E-state index contributed by atoms with van der Waals surface area (Å²) in [5, 5.41) is 0.417. The van der Waals surface area contributed by atoms with Gasteiger partial charge in [0.15, 0.2) is 5.78 Å². The van der Waals surface area contributed by atoms with Gasteiger partial charge in [-0.1, -0.05) is 23.7 Å². The third-order valence-electron chi connectivity index (χ3n) is 3.12. The normalized spacial score (nSPS) is 10.3. The Morgan fingerprint density at radius 3 is 2.50 bits per heavy atom. The molecule has 104 valence electrons. The third kappa shape index (κ3) is 3.52. The second-order valence-corrected chi connectivity index (χ2v) is 4.91. The number of ketones is 1. The summed E-state index contributed by atoms with van der Waals surface area (Å²) in [7, 11) is 1.63. The zero-order chi connectivity index (χ0) is 14.5. The molecule has 0 aliphatic carbocycles. The molecular weight excluding hydrogens is 274 g/mol. The molecule has 0 radical (unpaired) electrons. The lowest BCUT2D eigenvalue weighted by Crippen LogP contribution is -2.02. The fourth-order valence-corrected chi connectivity index (χ4v) is 2.08. The van der Waals surface area contributed by atoms with E-state index in [2.05, 4.69) is 0 Å². The van der Waals surface area contributed by atoms with Crippen LogP contribution in [0.5, 0.6) is 5.75 Å². The quantitative estimate of drug-likeness (QED) is 0.674. The number of hydrogen-bond donors (Lipinski definition) is 1. The van der Waals surface area contributed by atoms with Gasteiger partial charge in [-0.15, -0.1) is 0 Å². The standard InChI is InChI=1S/C16H16ClNO2/c1-20-13-6-2-11(3-7-13)4-9-16(19)12-5-8-15(18)14(17)10-12/h2-3,5-8,10H,4,9,18H2,1H3. The van der Waals surface area contributed by atoms with Crippen LogP contribution in [0.2, 0.25) is 5.02 Å². The minimum Gasteiger partial charge on any atom is -0.497 e. The Kier molecular flexibility index (Phi) is 4.64. The fourth-order valence-electron chi connectivity index (χ4n) is 1.89. The molecular formula is C16H16ClNO2. The molecule has 0 amide bonds. The van der Waals surface area contributed by atoms with E-state index in [1.54, 1.807) is 25.3 Å². The highest BCUT2D eigenvalue weighted by atomic mass is 35.5. The molecule has 4 heteroatoms. The van der Waals surface area contributed by atoms with E-state index in [1.807, 2.05) is 24.3 Å². The molecule has 2 aromatic rings. The highest BCUT2D eigenvalue weighted by Gasteiger charge is 2.08. The van der Waals surface area contributed by atoms with Crippen molar-refractivity contribution in [2.24, 2.45) is 0 Å². The molecule has 2 N–H and O–H groups in total. The number of carbonyl (C=O) groups is 1. The largest absolute Gasteiger partial charge is 0.497 e. The van der Waals surface area contributed by atoms with Crippen molar-refractivity contribution in [3.05, 3.63) is 58.6 Å². The van der Waals surface area contributed by atoms with E-state index in [0.29, 0.717) is 29.1 Å². The highest BCUT2D eigenvalue weighted by molar-refractivity contribution is 6.33. The number of nitrogens with two attached hydrogens (primary N) is 1. The zero-order valence-corrected chi connectivity index (χ0v) is 12.0. The van der Waals surface area contributed by atoms with Crippen molar-refractivity contribution in [3.8, 4) is 5.75 Å². The molecule has 20 heavy (non-hydrogen) atoms. The summed E-state index contributed by atoms with van der Waals surface area (Å²) in [6.07, 6.45) is 1.12. The maximum absolute atomic E-state index is 12.1. The monoisotopic (exact) mass is 289 g/mol. The number of anilines is 1. The molecule has 0 aliphatic heterocycles. The number of ether oxygens (including phenoxy) is 1. The van der Waals surface area contributed by atoms with E-state index in [-0.39, 0.29) is 5.78 Å². The number of halogens is 1. The molecule has 0 saturated carbocycles. The summed E-state index contributed by atoms with van der Waals surface area (Å²) in [6.45, 7) is 0. The lowest BCUT2D eigenvalue weighted by molar-refractivity contribution is 0.0983. The van der Waals surface area contributed by atoms with Gasteiger partial charge in [0.1, 0.15) is 5.75 Å². The van der Waals surface area contributed by atoms with Gasteiger partial charge < -0.3 is 10.5 Å². The van der Waals surface area contributed by atoms with Crippen LogP contribution in [0.15, 0.2) is 42.5 Å². The molecule has 0 atom stereocenters. The van der Waals surface area contributed by atoms with E-state index < -0.39 is 0 Å². The number of rotatable bonds is 5. The summed E-state index contributed by atoms with van der Waals surface area (Å²) in [4.78, 5) is 12.1. The van der Waals surface area contributed by atoms with Gasteiger partial charge in [0.05, 0.1) is 17.8 Å². The van der Waals surface area contributed by atoms with E-state index in [4.69, 9.17) is 22.1 Å². The highest BCUT2D eigenvalue weighted by Crippen LogP contribution is 2.21. The Labute approximate surface area is 123 Å². The van der Waals surface area contributed by atoms with Crippen LogP contribution in [-0.4, -0.2) is 12.9 Å². The van der Waals surface area contributed by atoms with E-state index >= 15 is 0 Å². The number of hydrogen-bond acceptors (Lipinski definition) is 3. The lowest BCUT2D eigenvalue weighted by Gasteiger charge is -2.05. The van der Waals surface area contributed by atoms with E-state index in [9.17, 15) is 4.79 Å². The average molecular weight is 290 g/mol. The first-order valence-electron chi connectivity index (χ1n) is 6.31.